The van der Waals surface area contributed by atoms with E-state index in [1.54, 1.807) is 0 Å². The Hall–Kier alpha value is -2.47. The van der Waals surface area contributed by atoms with Gasteiger partial charge in [-0.05, 0) is 62.9 Å². The molecule has 0 spiro atoms. The van der Waals surface area contributed by atoms with Gasteiger partial charge in [0.2, 0.25) is 5.69 Å². The lowest BCUT2D eigenvalue weighted by Crippen LogP contribution is -2.36. The summed E-state index contributed by atoms with van der Waals surface area (Å²) < 4.78 is 0. The van der Waals surface area contributed by atoms with E-state index < -0.39 is 0 Å². The largest absolute Gasteiger partial charge is 0.354 e. The van der Waals surface area contributed by atoms with Gasteiger partial charge in [0.25, 0.3) is 0 Å². The molecule has 1 aliphatic heterocycles. The fourth-order valence-electron chi connectivity index (χ4n) is 3.64. The van der Waals surface area contributed by atoms with Crippen LogP contribution in [0.3, 0.4) is 0 Å². The van der Waals surface area contributed by atoms with Crippen LogP contribution in [0.4, 0.5) is 22.7 Å². The summed E-state index contributed by atoms with van der Waals surface area (Å²) >= 11 is 0. The van der Waals surface area contributed by atoms with E-state index >= 15 is 0 Å². The van der Waals surface area contributed by atoms with Crippen molar-refractivity contribution in [1.29, 1.82) is 0 Å². The predicted octanol–water partition coefficient (Wildman–Crippen LogP) is 5.40. The van der Waals surface area contributed by atoms with E-state index in [0.717, 1.165) is 17.1 Å². The molecule has 1 aliphatic rings. The van der Waals surface area contributed by atoms with E-state index in [9.17, 15) is 0 Å². The Bertz CT molecular complexity index is 830. The number of aryl methyl sites for hydroxylation is 2. The molecule has 0 saturated carbocycles. The third-order valence-electron chi connectivity index (χ3n) is 5.23. The molecule has 0 aliphatic carbocycles. The van der Waals surface area contributed by atoms with E-state index in [2.05, 4.69) is 68.4 Å². The van der Waals surface area contributed by atoms with Gasteiger partial charge in [0.05, 0.1) is 17.9 Å². The highest BCUT2D eigenvalue weighted by Crippen LogP contribution is 2.50. The molecule has 0 saturated heterocycles. The van der Waals surface area contributed by atoms with Gasteiger partial charge in [-0.3, -0.25) is 0 Å². The second kappa shape index (κ2) is 5.31. The molecule has 0 aromatic heterocycles. The highest BCUT2D eigenvalue weighted by molar-refractivity contribution is 5.94. The minimum atomic E-state index is 0.187. The minimum absolute atomic E-state index is 0.187. The van der Waals surface area contributed by atoms with Crippen LogP contribution in [0.25, 0.3) is 4.85 Å². The van der Waals surface area contributed by atoms with Crippen LogP contribution in [-0.4, -0.2) is 13.2 Å². The lowest BCUT2D eigenvalue weighted by atomic mass is 9.97. The van der Waals surface area contributed by atoms with Gasteiger partial charge in [-0.1, -0.05) is 18.2 Å². The highest BCUT2D eigenvalue weighted by atomic mass is 15.4. The summed E-state index contributed by atoms with van der Waals surface area (Å²) in [5.41, 5.74) is 9.33. The van der Waals surface area contributed by atoms with Gasteiger partial charge >= 0.3 is 0 Å². The van der Waals surface area contributed by atoms with Crippen LogP contribution in [0.2, 0.25) is 0 Å². The van der Waals surface area contributed by atoms with E-state index in [-0.39, 0.29) is 6.17 Å². The summed E-state index contributed by atoms with van der Waals surface area (Å²) in [5.74, 6) is 0. The molecule has 118 valence electrons. The van der Waals surface area contributed by atoms with Crippen molar-refractivity contribution >= 4 is 22.7 Å². The van der Waals surface area contributed by atoms with Gasteiger partial charge in [-0.15, -0.1) is 0 Å². The monoisotopic (exact) mass is 305 g/mol. The van der Waals surface area contributed by atoms with Crippen molar-refractivity contribution in [3.05, 3.63) is 57.9 Å². The second-order valence-corrected chi connectivity index (χ2v) is 6.48. The molecule has 2 aromatic carbocycles. The van der Waals surface area contributed by atoms with Gasteiger partial charge in [-0.2, -0.15) is 0 Å². The maximum Gasteiger partial charge on any atom is 0.212 e. The van der Waals surface area contributed by atoms with Crippen molar-refractivity contribution in [2.75, 3.05) is 16.8 Å². The zero-order valence-corrected chi connectivity index (χ0v) is 14.7. The fraction of sp³-hybridized carbons (Fsp3) is 0.350. The van der Waals surface area contributed by atoms with Gasteiger partial charge in [0, 0.05) is 12.7 Å². The van der Waals surface area contributed by atoms with Gasteiger partial charge < -0.3 is 9.80 Å². The molecule has 0 unspecified atom stereocenters. The Balaban J connectivity index is 2.33. The molecule has 3 heteroatoms. The number of anilines is 3. The van der Waals surface area contributed by atoms with E-state index in [0.29, 0.717) is 0 Å². The SMILES string of the molecule is [C-]#[N+]c1cccc2c1N(c1c(C)cc(C)c(C)c1C)[C@@H](C)N2C. The quantitative estimate of drug-likeness (QED) is 0.653. The molecular formula is C20H23N3. The van der Waals surface area contributed by atoms with Gasteiger partial charge in [0.15, 0.2) is 0 Å². The van der Waals surface area contributed by atoms with Crippen LogP contribution in [0, 0.1) is 34.3 Å². The number of para-hydroxylation sites is 1. The summed E-state index contributed by atoms with van der Waals surface area (Å²) in [6.45, 7) is 18.5. The number of hydrogen-bond donors (Lipinski definition) is 0. The van der Waals surface area contributed by atoms with E-state index in [1.807, 2.05) is 12.1 Å². The predicted molar refractivity (Wildman–Crippen MR) is 98.1 cm³/mol. The molecule has 3 rings (SSSR count). The minimum Gasteiger partial charge on any atom is -0.354 e. The maximum absolute atomic E-state index is 7.56. The summed E-state index contributed by atoms with van der Waals surface area (Å²) in [5, 5.41) is 0. The van der Waals surface area contributed by atoms with Crippen molar-refractivity contribution < 1.29 is 0 Å². The smallest absolute Gasteiger partial charge is 0.212 e. The van der Waals surface area contributed by atoms with Crippen molar-refractivity contribution in [3.8, 4) is 0 Å². The molecule has 0 amide bonds. The molecule has 0 radical (unpaired) electrons. The summed E-state index contributed by atoms with van der Waals surface area (Å²) in [6.07, 6.45) is 0.187. The van der Waals surface area contributed by atoms with Crippen molar-refractivity contribution in [2.45, 2.75) is 40.8 Å². The first-order valence-electron chi connectivity index (χ1n) is 7.98. The summed E-state index contributed by atoms with van der Waals surface area (Å²) in [6, 6.07) is 8.24. The van der Waals surface area contributed by atoms with Gasteiger partial charge in [0.1, 0.15) is 6.17 Å². The van der Waals surface area contributed by atoms with Crippen LogP contribution in [-0.2, 0) is 0 Å². The molecule has 23 heavy (non-hydrogen) atoms. The second-order valence-electron chi connectivity index (χ2n) is 6.48. The summed E-state index contributed by atoms with van der Waals surface area (Å²) in [4.78, 5) is 8.35. The Morgan fingerprint density at radius 3 is 2.35 bits per heavy atom. The van der Waals surface area contributed by atoms with Gasteiger partial charge in [-0.25, -0.2) is 4.85 Å². The highest BCUT2D eigenvalue weighted by Gasteiger charge is 2.35. The summed E-state index contributed by atoms with van der Waals surface area (Å²) in [7, 11) is 2.10. The van der Waals surface area contributed by atoms with E-state index in [1.165, 1.54) is 27.9 Å². The first-order valence-corrected chi connectivity index (χ1v) is 7.98. The lowest BCUT2D eigenvalue weighted by molar-refractivity contribution is 0.731. The standard InChI is InChI=1S/C20H23N3/c1-12-11-13(2)19(15(4)14(12)3)23-16(5)22(7)18-10-8-9-17(21-6)20(18)23/h8-11,16H,1-5,7H3/t16-/m0/s1. The van der Waals surface area contributed by atoms with Crippen molar-refractivity contribution in [2.24, 2.45) is 0 Å². The Kier molecular flexibility index (Phi) is 3.56. The molecular weight excluding hydrogens is 282 g/mol. The molecule has 0 fully saturated rings. The zero-order valence-electron chi connectivity index (χ0n) is 14.7. The Morgan fingerprint density at radius 2 is 1.70 bits per heavy atom. The molecule has 0 N–H and O–H groups in total. The Morgan fingerprint density at radius 1 is 1.00 bits per heavy atom. The first-order chi connectivity index (χ1) is 10.9. The molecule has 3 nitrogen and oxygen atoms in total. The number of fused-ring (bicyclic) bond motifs is 1. The zero-order chi connectivity index (χ0) is 16.9. The van der Waals surface area contributed by atoms with Crippen LogP contribution >= 0.6 is 0 Å². The van der Waals surface area contributed by atoms with Crippen LogP contribution in [0.1, 0.15) is 29.2 Å². The molecule has 1 heterocycles. The normalized spacial score (nSPS) is 16.5. The molecule has 1 atom stereocenters. The van der Waals surface area contributed by atoms with Crippen LogP contribution in [0.5, 0.6) is 0 Å². The third-order valence-corrected chi connectivity index (χ3v) is 5.23. The average Bonchev–Trinajstić information content (AvgIpc) is 2.78. The fourth-order valence-corrected chi connectivity index (χ4v) is 3.64. The first kappa shape index (κ1) is 15.4. The van der Waals surface area contributed by atoms with E-state index in [4.69, 9.17) is 6.57 Å². The average molecular weight is 305 g/mol. The Labute approximate surface area is 139 Å². The number of benzene rings is 2. The molecule has 0 bridgehead atoms. The number of hydrogen-bond acceptors (Lipinski definition) is 2. The van der Waals surface area contributed by atoms with Crippen molar-refractivity contribution in [3.63, 3.8) is 0 Å². The maximum atomic E-state index is 7.56. The van der Waals surface area contributed by atoms with Crippen LogP contribution < -0.4 is 9.80 Å². The van der Waals surface area contributed by atoms with Crippen LogP contribution in [0.15, 0.2) is 24.3 Å². The van der Waals surface area contributed by atoms with Crippen molar-refractivity contribution in [1.82, 2.24) is 0 Å². The number of nitrogens with zero attached hydrogens (tertiary/aromatic N) is 3. The molecule has 2 aromatic rings. The lowest BCUT2D eigenvalue weighted by Gasteiger charge is -2.32. The third kappa shape index (κ3) is 2.09. The number of rotatable bonds is 1. The topological polar surface area (TPSA) is 10.8 Å².